The number of nitrogens with one attached hydrogen (secondary N) is 1. The van der Waals surface area contributed by atoms with Crippen LogP contribution in [0.1, 0.15) is 46.0 Å². The standard InChI is InChI=1S/C15H31N3/c1-4-13-12-18(14(5-2)11-16-13)15-7-6-9-17(3)10-8-15/h13-16H,4-12H2,1-3H3. The van der Waals surface area contributed by atoms with Gasteiger partial charge in [-0.3, -0.25) is 4.90 Å². The van der Waals surface area contributed by atoms with E-state index < -0.39 is 0 Å². The van der Waals surface area contributed by atoms with Crippen LogP contribution in [0.15, 0.2) is 0 Å². The lowest BCUT2D eigenvalue weighted by Gasteiger charge is -2.44. The molecule has 3 nitrogen and oxygen atoms in total. The van der Waals surface area contributed by atoms with Crippen molar-refractivity contribution in [2.45, 2.75) is 64.1 Å². The first kappa shape index (κ1) is 14.3. The lowest BCUT2D eigenvalue weighted by molar-refractivity contribution is 0.0701. The Labute approximate surface area is 113 Å². The third-order valence-electron chi connectivity index (χ3n) is 4.90. The van der Waals surface area contributed by atoms with Gasteiger partial charge in [0.15, 0.2) is 0 Å². The van der Waals surface area contributed by atoms with Crippen LogP contribution in [0.25, 0.3) is 0 Å². The van der Waals surface area contributed by atoms with E-state index in [1.54, 1.807) is 0 Å². The molecule has 1 N–H and O–H groups in total. The van der Waals surface area contributed by atoms with E-state index in [1.807, 2.05) is 0 Å². The molecule has 3 heteroatoms. The fraction of sp³-hybridized carbons (Fsp3) is 1.00. The van der Waals surface area contributed by atoms with Crippen LogP contribution in [-0.2, 0) is 0 Å². The van der Waals surface area contributed by atoms with Crippen molar-refractivity contribution in [3.63, 3.8) is 0 Å². The van der Waals surface area contributed by atoms with Crippen molar-refractivity contribution in [2.75, 3.05) is 33.2 Å². The third kappa shape index (κ3) is 3.46. The minimum absolute atomic E-state index is 0.716. The number of nitrogens with zero attached hydrogens (tertiary/aromatic N) is 2. The van der Waals surface area contributed by atoms with Crippen LogP contribution in [0.4, 0.5) is 0 Å². The zero-order valence-corrected chi connectivity index (χ0v) is 12.5. The van der Waals surface area contributed by atoms with Crippen molar-refractivity contribution in [3.8, 4) is 0 Å². The van der Waals surface area contributed by atoms with Crippen LogP contribution in [0.2, 0.25) is 0 Å². The average Bonchev–Trinajstić information content (AvgIpc) is 2.62. The van der Waals surface area contributed by atoms with E-state index in [-0.39, 0.29) is 0 Å². The van der Waals surface area contributed by atoms with Crippen LogP contribution in [0, 0.1) is 0 Å². The Morgan fingerprint density at radius 1 is 1.11 bits per heavy atom. The fourth-order valence-electron chi connectivity index (χ4n) is 3.54. The summed E-state index contributed by atoms with van der Waals surface area (Å²) in [6.45, 7) is 9.68. The van der Waals surface area contributed by atoms with Gasteiger partial charge in [-0.2, -0.15) is 0 Å². The minimum atomic E-state index is 0.716. The van der Waals surface area contributed by atoms with Crippen molar-refractivity contribution in [1.82, 2.24) is 15.1 Å². The van der Waals surface area contributed by atoms with E-state index in [0.29, 0.717) is 6.04 Å². The van der Waals surface area contributed by atoms with Gasteiger partial charge in [0, 0.05) is 31.2 Å². The Bertz CT molecular complexity index is 244. The maximum Gasteiger partial charge on any atom is 0.0221 e. The van der Waals surface area contributed by atoms with Crippen LogP contribution < -0.4 is 5.32 Å². The van der Waals surface area contributed by atoms with Gasteiger partial charge in [-0.25, -0.2) is 0 Å². The Hall–Kier alpha value is -0.120. The van der Waals surface area contributed by atoms with Crippen LogP contribution in [-0.4, -0.2) is 61.2 Å². The number of hydrogen-bond acceptors (Lipinski definition) is 3. The molecule has 2 heterocycles. The Kier molecular flexibility index (Phi) is 5.46. The summed E-state index contributed by atoms with van der Waals surface area (Å²) in [5.74, 6) is 0. The highest BCUT2D eigenvalue weighted by Crippen LogP contribution is 2.22. The van der Waals surface area contributed by atoms with Gasteiger partial charge in [-0.1, -0.05) is 13.8 Å². The molecule has 0 aliphatic carbocycles. The summed E-state index contributed by atoms with van der Waals surface area (Å²) in [5.41, 5.74) is 0. The zero-order chi connectivity index (χ0) is 13.0. The van der Waals surface area contributed by atoms with Gasteiger partial charge in [0.2, 0.25) is 0 Å². The lowest BCUT2D eigenvalue weighted by Crippen LogP contribution is -2.59. The Balaban J connectivity index is 1.97. The van der Waals surface area contributed by atoms with Crippen molar-refractivity contribution >= 4 is 0 Å². The third-order valence-corrected chi connectivity index (χ3v) is 4.90. The van der Waals surface area contributed by atoms with Gasteiger partial charge in [-0.05, 0) is 52.2 Å². The first-order chi connectivity index (χ1) is 8.74. The molecule has 0 aromatic carbocycles. The van der Waals surface area contributed by atoms with Crippen LogP contribution >= 0.6 is 0 Å². The molecule has 3 unspecified atom stereocenters. The van der Waals surface area contributed by atoms with Gasteiger partial charge in [-0.15, -0.1) is 0 Å². The van der Waals surface area contributed by atoms with Gasteiger partial charge >= 0.3 is 0 Å². The normalized spacial score (nSPS) is 36.5. The molecular weight excluding hydrogens is 222 g/mol. The monoisotopic (exact) mass is 253 g/mol. The Morgan fingerprint density at radius 2 is 1.94 bits per heavy atom. The molecule has 0 bridgehead atoms. The van der Waals surface area contributed by atoms with E-state index in [0.717, 1.165) is 12.1 Å². The molecule has 2 aliphatic heterocycles. The summed E-state index contributed by atoms with van der Waals surface area (Å²) in [7, 11) is 2.27. The van der Waals surface area contributed by atoms with Crippen molar-refractivity contribution < 1.29 is 0 Å². The van der Waals surface area contributed by atoms with E-state index >= 15 is 0 Å². The second-order valence-electron chi connectivity index (χ2n) is 6.16. The molecule has 18 heavy (non-hydrogen) atoms. The summed E-state index contributed by atoms with van der Waals surface area (Å²) < 4.78 is 0. The maximum atomic E-state index is 3.71. The summed E-state index contributed by atoms with van der Waals surface area (Å²) in [4.78, 5) is 5.34. The maximum absolute atomic E-state index is 3.71. The van der Waals surface area contributed by atoms with Crippen molar-refractivity contribution in [2.24, 2.45) is 0 Å². The first-order valence-corrected chi connectivity index (χ1v) is 7.92. The van der Waals surface area contributed by atoms with E-state index in [9.17, 15) is 0 Å². The summed E-state index contributed by atoms with van der Waals surface area (Å²) >= 11 is 0. The van der Waals surface area contributed by atoms with Gasteiger partial charge in [0.05, 0.1) is 0 Å². The quantitative estimate of drug-likeness (QED) is 0.829. The number of piperazine rings is 1. The van der Waals surface area contributed by atoms with Crippen LogP contribution in [0.5, 0.6) is 0 Å². The molecule has 2 saturated heterocycles. The molecule has 0 amide bonds. The second kappa shape index (κ2) is 6.88. The molecular formula is C15H31N3. The predicted molar refractivity (Wildman–Crippen MR) is 78.0 cm³/mol. The molecule has 0 aromatic heterocycles. The summed E-state index contributed by atoms with van der Waals surface area (Å²) in [6.07, 6.45) is 6.69. The smallest absolute Gasteiger partial charge is 0.0221 e. The molecule has 106 valence electrons. The summed E-state index contributed by atoms with van der Waals surface area (Å²) in [6, 6.07) is 2.31. The topological polar surface area (TPSA) is 18.5 Å². The van der Waals surface area contributed by atoms with Gasteiger partial charge in [0.1, 0.15) is 0 Å². The molecule has 0 radical (unpaired) electrons. The number of hydrogen-bond donors (Lipinski definition) is 1. The molecule has 2 aliphatic rings. The zero-order valence-electron chi connectivity index (χ0n) is 12.5. The highest BCUT2D eigenvalue weighted by Gasteiger charge is 2.31. The molecule has 3 atom stereocenters. The predicted octanol–water partition coefficient (Wildman–Crippen LogP) is 1.93. The number of rotatable bonds is 3. The van der Waals surface area contributed by atoms with Crippen molar-refractivity contribution in [1.29, 1.82) is 0 Å². The average molecular weight is 253 g/mol. The van der Waals surface area contributed by atoms with Gasteiger partial charge in [0.25, 0.3) is 0 Å². The van der Waals surface area contributed by atoms with E-state index in [1.165, 1.54) is 58.3 Å². The van der Waals surface area contributed by atoms with Crippen molar-refractivity contribution in [3.05, 3.63) is 0 Å². The molecule has 2 rings (SSSR count). The van der Waals surface area contributed by atoms with Crippen LogP contribution in [0.3, 0.4) is 0 Å². The minimum Gasteiger partial charge on any atom is -0.311 e. The first-order valence-electron chi connectivity index (χ1n) is 7.92. The molecule has 0 spiro atoms. The second-order valence-corrected chi connectivity index (χ2v) is 6.16. The van der Waals surface area contributed by atoms with E-state index in [2.05, 4.69) is 36.0 Å². The van der Waals surface area contributed by atoms with E-state index in [4.69, 9.17) is 0 Å². The largest absolute Gasteiger partial charge is 0.311 e. The molecule has 0 aromatic rings. The SMILES string of the molecule is CCC1CN(C2CCCN(C)CC2)C(CC)CN1. The fourth-order valence-corrected chi connectivity index (χ4v) is 3.54. The highest BCUT2D eigenvalue weighted by molar-refractivity contribution is 4.90. The van der Waals surface area contributed by atoms with Gasteiger partial charge < -0.3 is 10.2 Å². The summed E-state index contributed by atoms with van der Waals surface area (Å²) in [5, 5.41) is 3.71. The highest BCUT2D eigenvalue weighted by atomic mass is 15.3. The molecule has 0 saturated carbocycles. The number of likely N-dealkylation sites (tertiary alicyclic amines) is 1. The Morgan fingerprint density at radius 3 is 2.67 bits per heavy atom. The lowest BCUT2D eigenvalue weighted by atomic mass is 9.98. The molecule has 2 fully saturated rings.